The lowest BCUT2D eigenvalue weighted by atomic mass is 10.2. The second kappa shape index (κ2) is 8.16. The molecule has 0 aliphatic carbocycles. The highest BCUT2D eigenvalue weighted by Crippen LogP contribution is 2.19. The van der Waals surface area contributed by atoms with Crippen molar-refractivity contribution in [1.29, 1.82) is 0 Å². The largest absolute Gasteiger partial charge is 0.365 e. The first-order valence-electron chi connectivity index (χ1n) is 8.53. The third-order valence-corrected chi connectivity index (χ3v) is 5.56. The number of amides is 1. The standard InChI is InChI=1S/C19H21FN2O4S/c1-14-3-2-4-15(9-14)13-27(24,25)21-10-18-11-22(19(23)12-26-18)17-7-5-16(20)6-8-17/h2-9,18,21H,10-13H2,1H3. The molecule has 1 saturated heterocycles. The van der Waals surface area contributed by atoms with Crippen molar-refractivity contribution in [1.82, 2.24) is 4.72 Å². The number of morpholine rings is 1. The van der Waals surface area contributed by atoms with Gasteiger partial charge in [0, 0.05) is 12.2 Å². The Hall–Kier alpha value is -2.29. The van der Waals surface area contributed by atoms with E-state index < -0.39 is 16.1 Å². The molecule has 3 rings (SSSR count). The van der Waals surface area contributed by atoms with Crippen molar-refractivity contribution in [2.24, 2.45) is 0 Å². The zero-order valence-electron chi connectivity index (χ0n) is 14.9. The molecule has 6 nitrogen and oxygen atoms in total. The van der Waals surface area contributed by atoms with Crippen LogP contribution in [0.15, 0.2) is 48.5 Å². The van der Waals surface area contributed by atoms with Gasteiger partial charge in [0.1, 0.15) is 12.4 Å². The topological polar surface area (TPSA) is 75.7 Å². The number of nitrogens with zero attached hydrogens (tertiary/aromatic N) is 1. The highest BCUT2D eigenvalue weighted by Gasteiger charge is 2.28. The van der Waals surface area contributed by atoms with E-state index in [9.17, 15) is 17.6 Å². The van der Waals surface area contributed by atoms with Crippen LogP contribution >= 0.6 is 0 Å². The highest BCUT2D eigenvalue weighted by molar-refractivity contribution is 7.88. The van der Waals surface area contributed by atoms with Crippen LogP contribution in [0.25, 0.3) is 0 Å². The van der Waals surface area contributed by atoms with Gasteiger partial charge in [-0.05, 0) is 36.8 Å². The third-order valence-electron chi connectivity index (χ3n) is 4.24. The molecule has 27 heavy (non-hydrogen) atoms. The number of hydrogen-bond donors (Lipinski definition) is 1. The van der Waals surface area contributed by atoms with Crippen molar-refractivity contribution in [3.8, 4) is 0 Å². The van der Waals surface area contributed by atoms with Crippen LogP contribution in [0, 0.1) is 12.7 Å². The van der Waals surface area contributed by atoms with Gasteiger partial charge in [0.25, 0.3) is 5.91 Å². The van der Waals surface area contributed by atoms with E-state index in [4.69, 9.17) is 4.74 Å². The van der Waals surface area contributed by atoms with Gasteiger partial charge >= 0.3 is 0 Å². The van der Waals surface area contributed by atoms with Crippen molar-refractivity contribution in [3.05, 3.63) is 65.5 Å². The van der Waals surface area contributed by atoms with E-state index >= 15 is 0 Å². The Bertz CT molecular complexity index is 916. The monoisotopic (exact) mass is 392 g/mol. The Labute approximate surface area is 158 Å². The molecule has 0 aromatic heterocycles. The molecule has 1 unspecified atom stereocenters. The fraction of sp³-hybridized carbons (Fsp3) is 0.316. The molecule has 0 spiro atoms. The molecule has 0 saturated carbocycles. The lowest BCUT2D eigenvalue weighted by Crippen LogP contribution is -2.50. The summed E-state index contributed by atoms with van der Waals surface area (Å²) >= 11 is 0. The number of carbonyl (C=O) groups excluding carboxylic acids is 1. The van der Waals surface area contributed by atoms with Gasteiger partial charge in [-0.15, -0.1) is 0 Å². The number of carbonyl (C=O) groups is 1. The van der Waals surface area contributed by atoms with E-state index in [1.807, 2.05) is 25.1 Å². The summed E-state index contributed by atoms with van der Waals surface area (Å²) in [5, 5.41) is 0. The number of nitrogens with one attached hydrogen (secondary N) is 1. The summed E-state index contributed by atoms with van der Waals surface area (Å²) in [5.74, 6) is -0.762. The molecule has 1 aliphatic heterocycles. The summed E-state index contributed by atoms with van der Waals surface area (Å²) in [6.45, 7) is 2.00. The van der Waals surface area contributed by atoms with Gasteiger partial charge in [0.05, 0.1) is 18.4 Å². The second-order valence-corrected chi connectivity index (χ2v) is 8.32. The van der Waals surface area contributed by atoms with Gasteiger partial charge in [-0.1, -0.05) is 29.8 Å². The fourth-order valence-electron chi connectivity index (χ4n) is 2.91. The number of benzene rings is 2. The predicted molar refractivity (Wildman–Crippen MR) is 100 cm³/mol. The first-order valence-corrected chi connectivity index (χ1v) is 10.2. The summed E-state index contributed by atoms with van der Waals surface area (Å²) in [7, 11) is -3.54. The minimum absolute atomic E-state index is 0.0547. The Kier molecular flexibility index (Phi) is 5.88. The van der Waals surface area contributed by atoms with Crippen molar-refractivity contribution in [2.45, 2.75) is 18.8 Å². The second-order valence-electron chi connectivity index (χ2n) is 6.51. The number of ether oxygens (including phenoxy) is 1. The van der Waals surface area contributed by atoms with E-state index in [2.05, 4.69) is 4.72 Å². The van der Waals surface area contributed by atoms with Crippen LogP contribution in [-0.4, -0.2) is 40.1 Å². The quantitative estimate of drug-likeness (QED) is 0.816. The smallest absolute Gasteiger partial charge is 0.253 e. The summed E-state index contributed by atoms with van der Waals surface area (Å²) < 4.78 is 45.7. The van der Waals surface area contributed by atoms with Crippen molar-refractivity contribution < 1.29 is 22.3 Å². The number of sulfonamides is 1. The summed E-state index contributed by atoms with van der Waals surface area (Å²) in [6.07, 6.45) is -0.486. The number of anilines is 1. The fourth-order valence-corrected chi connectivity index (χ4v) is 4.07. The summed E-state index contributed by atoms with van der Waals surface area (Å²) in [5.41, 5.74) is 2.25. The molecule has 1 amide bonds. The molecule has 0 bridgehead atoms. The Morgan fingerprint density at radius 3 is 2.67 bits per heavy atom. The molecule has 0 radical (unpaired) electrons. The van der Waals surface area contributed by atoms with Crippen molar-refractivity contribution in [2.75, 3.05) is 24.6 Å². The zero-order chi connectivity index (χ0) is 19.4. The van der Waals surface area contributed by atoms with Gasteiger partial charge in [-0.25, -0.2) is 17.5 Å². The van der Waals surface area contributed by atoms with Crippen molar-refractivity contribution in [3.63, 3.8) is 0 Å². The SMILES string of the molecule is Cc1cccc(CS(=O)(=O)NCC2CN(c3ccc(F)cc3)C(=O)CO2)c1. The van der Waals surface area contributed by atoms with Crippen LogP contribution in [0.1, 0.15) is 11.1 Å². The molecule has 2 aromatic carbocycles. The molecule has 1 heterocycles. The van der Waals surface area contributed by atoms with Gasteiger partial charge < -0.3 is 9.64 Å². The van der Waals surface area contributed by atoms with Crippen LogP contribution in [0.3, 0.4) is 0 Å². The molecule has 2 aromatic rings. The Balaban J connectivity index is 1.60. The zero-order valence-corrected chi connectivity index (χ0v) is 15.7. The van der Waals surface area contributed by atoms with Gasteiger partial charge in [-0.2, -0.15) is 0 Å². The predicted octanol–water partition coefficient (Wildman–Crippen LogP) is 1.99. The van der Waals surface area contributed by atoms with Gasteiger partial charge in [-0.3, -0.25) is 4.79 Å². The Morgan fingerprint density at radius 1 is 1.22 bits per heavy atom. The van der Waals surface area contributed by atoms with E-state index in [1.165, 1.54) is 29.2 Å². The summed E-state index contributed by atoms with van der Waals surface area (Å²) in [4.78, 5) is 13.5. The van der Waals surface area contributed by atoms with E-state index in [0.717, 1.165) is 5.56 Å². The van der Waals surface area contributed by atoms with E-state index in [1.54, 1.807) is 6.07 Å². The number of rotatable bonds is 6. The van der Waals surface area contributed by atoms with Gasteiger partial charge in [0.15, 0.2) is 0 Å². The average Bonchev–Trinajstić information content (AvgIpc) is 2.61. The third kappa shape index (κ3) is 5.35. The molecule has 8 heteroatoms. The van der Waals surface area contributed by atoms with E-state index in [-0.39, 0.29) is 37.2 Å². The molecule has 1 atom stereocenters. The maximum Gasteiger partial charge on any atom is 0.253 e. The van der Waals surface area contributed by atoms with Crippen molar-refractivity contribution >= 4 is 21.6 Å². The maximum atomic E-state index is 13.1. The van der Waals surface area contributed by atoms with Crippen LogP contribution in [0.5, 0.6) is 0 Å². The average molecular weight is 392 g/mol. The first kappa shape index (κ1) is 19.5. The number of hydrogen-bond acceptors (Lipinski definition) is 4. The van der Waals surface area contributed by atoms with E-state index in [0.29, 0.717) is 11.3 Å². The highest BCUT2D eigenvalue weighted by atomic mass is 32.2. The number of halogens is 1. The Morgan fingerprint density at radius 2 is 1.96 bits per heavy atom. The van der Waals surface area contributed by atoms with Crippen LogP contribution < -0.4 is 9.62 Å². The molecule has 1 aliphatic rings. The molecule has 144 valence electrons. The minimum Gasteiger partial charge on any atom is -0.365 e. The first-order chi connectivity index (χ1) is 12.8. The number of aryl methyl sites for hydroxylation is 1. The van der Waals surface area contributed by atoms with Crippen LogP contribution in [-0.2, 0) is 25.3 Å². The molecular weight excluding hydrogens is 371 g/mol. The summed E-state index contributed by atoms with van der Waals surface area (Å²) in [6, 6.07) is 12.9. The van der Waals surface area contributed by atoms with Crippen LogP contribution in [0.4, 0.5) is 10.1 Å². The maximum absolute atomic E-state index is 13.1. The van der Waals surface area contributed by atoms with Gasteiger partial charge in [0.2, 0.25) is 10.0 Å². The lowest BCUT2D eigenvalue weighted by molar-refractivity contribution is -0.129. The lowest BCUT2D eigenvalue weighted by Gasteiger charge is -2.32. The molecular formula is C19H21FN2O4S. The molecule has 1 N–H and O–H groups in total. The normalized spacial score (nSPS) is 17.9. The minimum atomic E-state index is -3.54. The molecule has 1 fully saturated rings. The van der Waals surface area contributed by atoms with Crippen LogP contribution in [0.2, 0.25) is 0 Å².